The van der Waals surface area contributed by atoms with E-state index in [1.165, 1.54) is 16.8 Å². The third-order valence-corrected chi connectivity index (χ3v) is 4.43. The fourth-order valence-corrected chi connectivity index (χ4v) is 3.14. The van der Waals surface area contributed by atoms with Crippen molar-refractivity contribution in [1.82, 2.24) is 5.32 Å². The fraction of sp³-hybridized carbons (Fsp3) is 0.316. The fourth-order valence-electron chi connectivity index (χ4n) is 2.92. The highest BCUT2D eigenvalue weighted by Gasteiger charge is 2.17. The van der Waals surface area contributed by atoms with Crippen LogP contribution in [0.5, 0.6) is 0 Å². The predicted molar refractivity (Wildman–Crippen MR) is 102 cm³/mol. The minimum Gasteiger partial charge on any atom is -0.371 e. The molecule has 120 valence electrons. The average Bonchev–Trinajstić information content (AvgIpc) is 2.97. The maximum absolute atomic E-state index is 5.34. The van der Waals surface area contributed by atoms with Crippen LogP contribution in [0.1, 0.15) is 17.5 Å². The van der Waals surface area contributed by atoms with Crippen LogP contribution in [0.4, 0.5) is 11.4 Å². The maximum Gasteiger partial charge on any atom is 0.170 e. The zero-order valence-electron chi connectivity index (χ0n) is 13.5. The van der Waals surface area contributed by atoms with Crippen molar-refractivity contribution in [1.29, 1.82) is 0 Å². The van der Waals surface area contributed by atoms with Crippen LogP contribution in [-0.4, -0.2) is 24.7 Å². The van der Waals surface area contributed by atoms with E-state index >= 15 is 0 Å². The molecule has 0 spiro atoms. The first kappa shape index (κ1) is 15.8. The van der Waals surface area contributed by atoms with Crippen molar-refractivity contribution in [3.05, 3.63) is 59.7 Å². The van der Waals surface area contributed by atoms with Crippen molar-refractivity contribution in [2.75, 3.05) is 29.9 Å². The number of rotatable bonds is 5. The molecular formula is C19H23N3S. The Morgan fingerprint density at radius 2 is 1.91 bits per heavy atom. The molecule has 4 heteroatoms. The molecule has 1 aliphatic rings. The first-order valence-corrected chi connectivity index (χ1v) is 8.57. The molecular weight excluding hydrogens is 302 g/mol. The van der Waals surface area contributed by atoms with Crippen LogP contribution < -0.4 is 15.5 Å². The van der Waals surface area contributed by atoms with Crippen molar-refractivity contribution in [3.8, 4) is 0 Å². The van der Waals surface area contributed by atoms with Gasteiger partial charge in [0.1, 0.15) is 0 Å². The zero-order chi connectivity index (χ0) is 16.1. The van der Waals surface area contributed by atoms with Gasteiger partial charge in [0.2, 0.25) is 0 Å². The van der Waals surface area contributed by atoms with Crippen LogP contribution in [-0.2, 0) is 6.42 Å². The lowest BCUT2D eigenvalue weighted by Gasteiger charge is -2.19. The molecule has 0 atom stereocenters. The number of aryl methyl sites for hydroxylation is 1. The van der Waals surface area contributed by atoms with Crippen molar-refractivity contribution in [3.63, 3.8) is 0 Å². The molecule has 23 heavy (non-hydrogen) atoms. The Hall–Kier alpha value is -2.07. The molecule has 0 saturated heterocycles. The van der Waals surface area contributed by atoms with Gasteiger partial charge in [0, 0.05) is 31.0 Å². The SMILES string of the molecule is Cc1ccc(NC(=S)NCCCN2CCc3ccccc32)cc1. The third-order valence-electron chi connectivity index (χ3n) is 4.18. The van der Waals surface area contributed by atoms with Crippen LogP contribution in [0, 0.1) is 6.92 Å². The molecule has 3 rings (SSSR count). The van der Waals surface area contributed by atoms with Gasteiger partial charge in [-0.25, -0.2) is 0 Å². The number of hydrogen-bond acceptors (Lipinski definition) is 2. The summed E-state index contributed by atoms with van der Waals surface area (Å²) in [7, 11) is 0. The van der Waals surface area contributed by atoms with E-state index in [4.69, 9.17) is 12.2 Å². The number of benzene rings is 2. The van der Waals surface area contributed by atoms with Crippen LogP contribution in [0.3, 0.4) is 0 Å². The number of fused-ring (bicyclic) bond motifs is 1. The summed E-state index contributed by atoms with van der Waals surface area (Å²) >= 11 is 5.34. The molecule has 0 amide bonds. The van der Waals surface area contributed by atoms with Gasteiger partial charge in [-0.15, -0.1) is 0 Å². The Labute approximate surface area is 143 Å². The third kappa shape index (κ3) is 4.23. The Morgan fingerprint density at radius 3 is 2.74 bits per heavy atom. The van der Waals surface area contributed by atoms with Gasteiger partial charge in [-0.3, -0.25) is 0 Å². The summed E-state index contributed by atoms with van der Waals surface area (Å²) in [4.78, 5) is 2.47. The van der Waals surface area contributed by atoms with E-state index in [1.807, 2.05) is 12.1 Å². The highest BCUT2D eigenvalue weighted by molar-refractivity contribution is 7.80. The van der Waals surface area contributed by atoms with Crippen LogP contribution in [0.2, 0.25) is 0 Å². The normalized spacial score (nSPS) is 12.8. The molecule has 1 aliphatic heterocycles. The van der Waals surface area contributed by atoms with Crippen molar-refractivity contribution >= 4 is 28.7 Å². The molecule has 0 radical (unpaired) electrons. The van der Waals surface area contributed by atoms with Gasteiger partial charge in [-0.05, 0) is 55.7 Å². The molecule has 0 bridgehead atoms. The van der Waals surface area contributed by atoms with Gasteiger partial charge >= 0.3 is 0 Å². The number of nitrogens with one attached hydrogen (secondary N) is 2. The predicted octanol–water partition coefficient (Wildman–Crippen LogP) is 3.73. The van der Waals surface area contributed by atoms with E-state index in [9.17, 15) is 0 Å². The molecule has 0 unspecified atom stereocenters. The van der Waals surface area contributed by atoms with E-state index in [0.29, 0.717) is 5.11 Å². The van der Waals surface area contributed by atoms with Crippen LogP contribution in [0.25, 0.3) is 0 Å². The largest absolute Gasteiger partial charge is 0.371 e. The first-order chi connectivity index (χ1) is 11.2. The van der Waals surface area contributed by atoms with Gasteiger partial charge < -0.3 is 15.5 Å². The van der Waals surface area contributed by atoms with E-state index in [1.54, 1.807) is 0 Å². The summed E-state index contributed by atoms with van der Waals surface area (Å²) in [5.74, 6) is 0. The zero-order valence-corrected chi connectivity index (χ0v) is 14.3. The minimum absolute atomic E-state index is 0.690. The summed E-state index contributed by atoms with van der Waals surface area (Å²) in [5, 5.41) is 7.20. The molecule has 0 aromatic heterocycles. The molecule has 0 fully saturated rings. The Morgan fingerprint density at radius 1 is 1.13 bits per heavy atom. The minimum atomic E-state index is 0.690. The highest BCUT2D eigenvalue weighted by Crippen LogP contribution is 2.27. The lowest BCUT2D eigenvalue weighted by molar-refractivity contribution is 0.730. The number of hydrogen-bond donors (Lipinski definition) is 2. The van der Waals surface area contributed by atoms with E-state index in [2.05, 4.69) is 58.9 Å². The van der Waals surface area contributed by atoms with Gasteiger partial charge in [0.15, 0.2) is 5.11 Å². The molecule has 0 aliphatic carbocycles. The Bertz CT molecular complexity index is 667. The molecule has 2 aromatic rings. The topological polar surface area (TPSA) is 27.3 Å². The summed E-state index contributed by atoms with van der Waals surface area (Å²) in [5.41, 5.74) is 5.15. The van der Waals surface area contributed by atoms with E-state index in [0.717, 1.165) is 38.2 Å². The van der Waals surface area contributed by atoms with E-state index in [-0.39, 0.29) is 0 Å². The Kier molecular flexibility index (Phi) is 5.13. The smallest absolute Gasteiger partial charge is 0.170 e. The molecule has 2 aromatic carbocycles. The lowest BCUT2D eigenvalue weighted by Crippen LogP contribution is -2.32. The lowest BCUT2D eigenvalue weighted by atomic mass is 10.2. The van der Waals surface area contributed by atoms with Gasteiger partial charge in [-0.1, -0.05) is 35.9 Å². The van der Waals surface area contributed by atoms with Crippen LogP contribution >= 0.6 is 12.2 Å². The van der Waals surface area contributed by atoms with Crippen LogP contribution in [0.15, 0.2) is 48.5 Å². The quantitative estimate of drug-likeness (QED) is 0.647. The molecule has 3 nitrogen and oxygen atoms in total. The standard InChI is InChI=1S/C19H23N3S/c1-15-7-9-17(10-8-15)21-19(23)20-12-4-13-22-14-11-16-5-2-3-6-18(16)22/h2-3,5-10H,4,11-14H2,1H3,(H2,20,21,23). The van der Waals surface area contributed by atoms with Gasteiger partial charge in [0.25, 0.3) is 0 Å². The van der Waals surface area contributed by atoms with Gasteiger partial charge in [-0.2, -0.15) is 0 Å². The summed E-state index contributed by atoms with van der Waals surface area (Å²) in [6.45, 7) is 5.16. The summed E-state index contributed by atoms with van der Waals surface area (Å²) in [6, 6.07) is 16.9. The monoisotopic (exact) mass is 325 g/mol. The number of nitrogens with zero attached hydrogens (tertiary/aromatic N) is 1. The average molecular weight is 325 g/mol. The van der Waals surface area contributed by atoms with Crippen molar-refractivity contribution < 1.29 is 0 Å². The summed E-state index contributed by atoms with van der Waals surface area (Å²) < 4.78 is 0. The molecule has 0 saturated carbocycles. The van der Waals surface area contributed by atoms with Crippen molar-refractivity contribution in [2.45, 2.75) is 19.8 Å². The second-order valence-corrected chi connectivity index (χ2v) is 6.37. The number of anilines is 2. The maximum atomic E-state index is 5.34. The second kappa shape index (κ2) is 7.47. The van der Waals surface area contributed by atoms with Crippen molar-refractivity contribution in [2.24, 2.45) is 0 Å². The Balaban J connectivity index is 1.39. The highest BCUT2D eigenvalue weighted by atomic mass is 32.1. The first-order valence-electron chi connectivity index (χ1n) is 8.17. The molecule has 2 N–H and O–H groups in total. The van der Waals surface area contributed by atoms with Gasteiger partial charge in [0.05, 0.1) is 0 Å². The number of thiocarbonyl (C=S) groups is 1. The molecule has 1 heterocycles. The number of para-hydroxylation sites is 1. The second-order valence-electron chi connectivity index (χ2n) is 5.97. The van der Waals surface area contributed by atoms with E-state index < -0.39 is 0 Å². The summed E-state index contributed by atoms with van der Waals surface area (Å²) in [6.07, 6.45) is 2.24.